The quantitative estimate of drug-likeness (QED) is 0.756. The van der Waals surface area contributed by atoms with E-state index in [0.29, 0.717) is 25.1 Å². The Hall–Kier alpha value is -1.74. The van der Waals surface area contributed by atoms with E-state index < -0.39 is 15.9 Å². The fourth-order valence-electron chi connectivity index (χ4n) is 3.93. The Morgan fingerprint density at radius 2 is 2.12 bits per heavy atom. The normalized spacial score (nSPS) is 28.0. The molecule has 4 heterocycles. The molecule has 0 spiro atoms. The predicted octanol–water partition coefficient (Wildman–Crippen LogP) is 1.36. The number of thiophene rings is 1. The summed E-state index contributed by atoms with van der Waals surface area (Å²) >= 11 is 1.72. The van der Waals surface area contributed by atoms with E-state index in [1.807, 2.05) is 17.2 Å². The fourth-order valence-corrected chi connectivity index (χ4v) is 6.59. The van der Waals surface area contributed by atoms with Crippen molar-refractivity contribution >= 4 is 38.7 Å². The van der Waals surface area contributed by atoms with E-state index in [1.165, 1.54) is 15.4 Å². The van der Waals surface area contributed by atoms with Crippen LogP contribution < -0.4 is 0 Å². The SMILES string of the molecule is CC1c2ccsc2CCN1C(=O)C1=NN(C2CCS(=O)(=O)C2)C(=O)CC1. The molecule has 2 amide bonds. The molecule has 3 aliphatic rings. The molecule has 1 aromatic rings. The highest BCUT2D eigenvalue weighted by molar-refractivity contribution is 7.91. The van der Waals surface area contributed by atoms with Gasteiger partial charge in [0.25, 0.3) is 5.91 Å². The molecular formula is C17H21N3O4S2. The average molecular weight is 396 g/mol. The Labute approximate surface area is 156 Å². The molecule has 4 rings (SSSR count). The zero-order valence-electron chi connectivity index (χ0n) is 14.6. The zero-order valence-corrected chi connectivity index (χ0v) is 16.2. The number of amides is 2. The molecule has 0 N–H and O–H groups in total. The molecule has 0 aliphatic carbocycles. The van der Waals surface area contributed by atoms with Gasteiger partial charge in [-0.3, -0.25) is 9.59 Å². The summed E-state index contributed by atoms with van der Waals surface area (Å²) in [6, 6.07) is 1.60. The monoisotopic (exact) mass is 395 g/mol. The highest BCUT2D eigenvalue weighted by Gasteiger charge is 2.39. The van der Waals surface area contributed by atoms with Gasteiger partial charge >= 0.3 is 0 Å². The van der Waals surface area contributed by atoms with Crippen LogP contribution in [0.4, 0.5) is 0 Å². The number of nitrogens with zero attached hydrogens (tertiary/aromatic N) is 3. The van der Waals surface area contributed by atoms with Gasteiger partial charge in [-0.15, -0.1) is 11.3 Å². The number of fused-ring (bicyclic) bond motifs is 1. The van der Waals surface area contributed by atoms with Crippen LogP contribution in [-0.2, 0) is 25.8 Å². The van der Waals surface area contributed by atoms with Crippen LogP contribution in [0.3, 0.4) is 0 Å². The van der Waals surface area contributed by atoms with Crippen molar-refractivity contribution in [1.29, 1.82) is 0 Å². The van der Waals surface area contributed by atoms with Crippen molar-refractivity contribution in [3.05, 3.63) is 21.9 Å². The Kier molecular flexibility index (Phi) is 4.38. The third-order valence-corrected chi connectivity index (χ3v) is 8.15. The van der Waals surface area contributed by atoms with Crippen LogP contribution in [0.15, 0.2) is 16.5 Å². The lowest BCUT2D eigenvalue weighted by atomic mass is 10.00. The van der Waals surface area contributed by atoms with Gasteiger partial charge in [0.2, 0.25) is 5.91 Å². The summed E-state index contributed by atoms with van der Waals surface area (Å²) in [7, 11) is -3.12. The van der Waals surface area contributed by atoms with E-state index in [4.69, 9.17) is 0 Å². The van der Waals surface area contributed by atoms with E-state index in [1.54, 1.807) is 11.3 Å². The van der Waals surface area contributed by atoms with E-state index in [-0.39, 0.29) is 35.8 Å². The molecule has 1 fully saturated rings. The summed E-state index contributed by atoms with van der Waals surface area (Å²) in [5, 5.41) is 7.62. The second-order valence-corrected chi connectivity index (χ2v) is 10.3. The molecule has 9 heteroatoms. The van der Waals surface area contributed by atoms with Gasteiger partial charge in [0.15, 0.2) is 9.84 Å². The first-order valence-corrected chi connectivity index (χ1v) is 11.5. The largest absolute Gasteiger partial charge is 0.330 e. The first-order valence-electron chi connectivity index (χ1n) is 8.83. The van der Waals surface area contributed by atoms with Crippen LogP contribution in [-0.4, -0.2) is 59.9 Å². The van der Waals surface area contributed by atoms with Crippen LogP contribution >= 0.6 is 11.3 Å². The molecular weight excluding hydrogens is 374 g/mol. The van der Waals surface area contributed by atoms with Crippen molar-refractivity contribution in [1.82, 2.24) is 9.91 Å². The summed E-state index contributed by atoms with van der Waals surface area (Å²) in [5.41, 5.74) is 1.54. The lowest BCUT2D eigenvalue weighted by Gasteiger charge is -2.35. The van der Waals surface area contributed by atoms with Gasteiger partial charge in [0, 0.05) is 24.3 Å². The Balaban J connectivity index is 1.56. The molecule has 0 aromatic carbocycles. The molecule has 0 bridgehead atoms. The molecule has 26 heavy (non-hydrogen) atoms. The standard InChI is InChI=1S/C17H21N3O4S2/c1-11-13-5-8-25-15(13)4-7-19(11)17(22)14-2-3-16(21)20(18-14)12-6-9-26(23,24)10-12/h5,8,11-12H,2-4,6-7,9-10H2,1H3. The lowest BCUT2D eigenvalue weighted by Crippen LogP contribution is -2.47. The maximum absolute atomic E-state index is 13.0. The highest BCUT2D eigenvalue weighted by Crippen LogP contribution is 2.33. The van der Waals surface area contributed by atoms with Crippen LogP contribution in [0, 0.1) is 0 Å². The summed E-state index contributed by atoms with van der Waals surface area (Å²) in [4.78, 5) is 28.4. The minimum atomic E-state index is -3.12. The first-order chi connectivity index (χ1) is 12.4. The van der Waals surface area contributed by atoms with Gasteiger partial charge in [0.05, 0.1) is 23.6 Å². The molecule has 2 unspecified atom stereocenters. The van der Waals surface area contributed by atoms with Gasteiger partial charge in [-0.1, -0.05) is 0 Å². The van der Waals surface area contributed by atoms with E-state index in [2.05, 4.69) is 11.2 Å². The lowest BCUT2D eigenvalue weighted by molar-refractivity contribution is -0.134. The molecule has 140 valence electrons. The fraction of sp³-hybridized carbons (Fsp3) is 0.588. The average Bonchev–Trinajstić information content (AvgIpc) is 3.22. The van der Waals surface area contributed by atoms with Crippen molar-refractivity contribution in [3.8, 4) is 0 Å². The molecule has 7 nitrogen and oxygen atoms in total. The maximum Gasteiger partial charge on any atom is 0.270 e. The third kappa shape index (κ3) is 3.07. The Bertz CT molecular complexity index is 890. The van der Waals surface area contributed by atoms with Crippen LogP contribution in [0.2, 0.25) is 0 Å². The van der Waals surface area contributed by atoms with Crippen molar-refractivity contribution < 1.29 is 18.0 Å². The summed E-state index contributed by atoms with van der Waals surface area (Å²) in [6.07, 6.45) is 1.73. The number of hydrogen-bond donors (Lipinski definition) is 0. The second kappa shape index (κ2) is 6.45. The number of hydrogen-bond acceptors (Lipinski definition) is 6. The van der Waals surface area contributed by atoms with Crippen LogP contribution in [0.5, 0.6) is 0 Å². The smallest absolute Gasteiger partial charge is 0.270 e. The highest BCUT2D eigenvalue weighted by atomic mass is 32.2. The molecule has 1 saturated heterocycles. The minimum Gasteiger partial charge on any atom is -0.330 e. The third-order valence-electron chi connectivity index (χ3n) is 5.40. The van der Waals surface area contributed by atoms with Crippen LogP contribution in [0.1, 0.15) is 42.7 Å². The molecule has 1 aromatic heterocycles. The second-order valence-electron chi connectivity index (χ2n) is 7.07. The number of carbonyl (C=O) groups is 2. The zero-order chi connectivity index (χ0) is 18.5. The first kappa shape index (κ1) is 17.7. The summed E-state index contributed by atoms with van der Waals surface area (Å²) < 4.78 is 23.5. The molecule has 3 aliphatic heterocycles. The van der Waals surface area contributed by atoms with Gasteiger partial charge in [-0.2, -0.15) is 5.10 Å². The van der Waals surface area contributed by atoms with Gasteiger partial charge in [-0.05, 0) is 36.8 Å². The number of carbonyl (C=O) groups excluding carboxylic acids is 2. The molecule has 0 saturated carbocycles. The minimum absolute atomic E-state index is 0.0156. The van der Waals surface area contributed by atoms with Crippen LogP contribution in [0.25, 0.3) is 0 Å². The summed E-state index contributed by atoms with van der Waals surface area (Å²) in [5.74, 6) is -0.338. The van der Waals surface area contributed by atoms with Crippen molar-refractivity contribution in [2.45, 2.75) is 44.7 Å². The maximum atomic E-state index is 13.0. The van der Waals surface area contributed by atoms with Gasteiger partial charge in [0.1, 0.15) is 5.71 Å². The predicted molar refractivity (Wildman–Crippen MR) is 98.7 cm³/mol. The number of sulfone groups is 1. The van der Waals surface area contributed by atoms with Crippen molar-refractivity contribution in [2.75, 3.05) is 18.1 Å². The topological polar surface area (TPSA) is 87.1 Å². The van der Waals surface area contributed by atoms with E-state index >= 15 is 0 Å². The van der Waals surface area contributed by atoms with Crippen molar-refractivity contribution in [3.63, 3.8) is 0 Å². The van der Waals surface area contributed by atoms with Gasteiger partial charge in [-0.25, -0.2) is 13.4 Å². The number of rotatable bonds is 2. The van der Waals surface area contributed by atoms with Gasteiger partial charge < -0.3 is 4.90 Å². The Morgan fingerprint density at radius 3 is 2.85 bits per heavy atom. The van der Waals surface area contributed by atoms with E-state index in [9.17, 15) is 18.0 Å². The molecule has 2 atom stereocenters. The van der Waals surface area contributed by atoms with Crippen molar-refractivity contribution in [2.24, 2.45) is 5.10 Å². The number of hydrazone groups is 1. The Morgan fingerprint density at radius 1 is 1.31 bits per heavy atom. The molecule has 0 radical (unpaired) electrons. The summed E-state index contributed by atoms with van der Waals surface area (Å²) in [6.45, 7) is 2.65. The van der Waals surface area contributed by atoms with E-state index in [0.717, 1.165) is 6.42 Å².